The smallest absolute Gasteiger partial charge is 0.297 e. The van der Waals surface area contributed by atoms with Crippen molar-refractivity contribution < 1.29 is 14.0 Å². The highest BCUT2D eigenvalue weighted by Crippen LogP contribution is 2.54. The maximum absolute atomic E-state index is 14.8. The molecule has 0 fully saturated rings. The van der Waals surface area contributed by atoms with Gasteiger partial charge in [-0.2, -0.15) is 0 Å². The minimum atomic E-state index is -1.87. The largest absolute Gasteiger partial charge is 0.450 e. The fourth-order valence-corrected chi connectivity index (χ4v) is 6.57. The van der Waals surface area contributed by atoms with Crippen LogP contribution in [0.3, 0.4) is 0 Å². The minimum absolute atomic E-state index is 0.0748. The van der Waals surface area contributed by atoms with Gasteiger partial charge in [0.1, 0.15) is 10.6 Å². The summed E-state index contributed by atoms with van der Waals surface area (Å²) < 4.78 is 6.05. The van der Waals surface area contributed by atoms with Gasteiger partial charge in [0.05, 0.1) is 23.2 Å². The van der Waals surface area contributed by atoms with E-state index in [1.54, 1.807) is 54.3 Å². The van der Waals surface area contributed by atoms with E-state index >= 15 is 0 Å². The fourth-order valence-electron chi connectivity index (χ4n) is 5.47. The lowest BCUT2D eigenvalue weighted by atomic mass is 9.84. The normalized spacial score (nSPS) is 17.9. The average molecular weight is 575 g/mol. The number of aryl methyl sites for hydroxylation is 1. The molecule has 2 aliphatic heterocycles. The number of rotatable bonds is 3. The molecule has 0 saturated carbocycles. The van der Waals surface area contributed by atoms with Gasteiger partial charge in [0, 0.05) is 15.6 Å². The van der Waals surface area contributed by atoms with E-state index < -0.39 is 22.8 Å². The molecule has 1 atom stereocenters. The zero-order valence-corrected chi connectivity index (χ0v) is 22.5. The van der Waals surface area contributed by atoms with Crippen molar-refractivity contribution in [2.45, 2.75) is 19.0 Å². The van der Waals surface area contributed by atoms with E-state index in [9.17, 15) is 14.4 Å². The SMILES string of the molecule is Cc1nnc(N2C(=O)c3oc4ccc(Cl)cc4c(=O)c3C23C(=O)N(Cc2ccccc2Cl)c2ccccc23)s1. The van der Waals surface area contributed by atoms with Crippen molar-refractivity contribution in [1.82, 2.24) is 10.2 Å². The summed E-state index contributed by atoms with van der Waals surface area (Å²) in [5, 5.41) is 10.0. The molecule has 1 spiro atoms. The van der Waals surface area contributed by atoms with Gasteiger partial charge >= 0.3 is 0 Å². The highest BCUT2D eigenvalue weighted by atomic mass is 35.5. The predicted octanol–water partition coefficient (Wildman–Crippen LogP) is 5.71. The van der Waals surface area contributed by atoms with Crippen LogP contribution in [-0.4, -0.2) is 22.0 Å². The van der Waals surface area contributed by atoms with E-state index in [4.69, 9.17) is 27.6 Å². The number of anilines is 2. The Morgan fingerprint density at radius 2 is 1.74 bits per heavy atom. The van der Waals surface area contributed by atoms with Crippen LogP contribution in [0.2, 0.25) is 10.0 Å². The molecule has 39 heavy (non-hydrogen) atoms. The topological polar surface area (TPSA) is 96.6 Å². The maximum Gasteiger partial charge on any atom is 0.297 e. The number of para-hydroxylation sites is 1. The molecule has 1 unspecified atom stereocenters. The van der Waals surface area contributed by atoms with Crippen molar-refractivity contribution in [3.05, 3.63) is 114 Å². The minimum Gasteiger partial charge on any atom is -0.450 e. The second-order valence-electron chi connectivity index (χ2n) is 9.23. The summed E-state index contributed by atoms with van der Waals surface area (Å²) in [4.78, 5) is 45.9. The Morgan fingerprint density at radius 1 is 0.974 bits per heavy atom. The van der Waals surface area contributed by atoms with Crippen molar-refractivity contribution in [2.75, 3.05) is 9.80 Å². The Kier molecular flexibility index (Phi) is 5.22. The van der Waals surface area contributed by atoms with Crippen LogP contribution in [0.25, 0.3) is 11.0 Å². The first-order chi connectivity index (χ1) is 18.8. The van der Waals surface area contributed by atoms with Crippen LogP contribution in [0, 0.1) is 6.92 Å². The average Bonchev–Trinajstić information content (AvgIpc) is 3.54. The van der Waals surface area contributed by atoms with Gasteiger partial charge in [-0.25, -0.2) is 0 Å². The van der Waals surface area contributed by atoms with E-state index in [1.807, 2.05) is 12.1 Å². The van der Waals surface area contributed by atoms with Crippen LogP contribution in [0.4, 0.5) is 10.8 Å². The van der Waals surface area contributed by atoms with Crippen molar-refractivity contribution in [3.63, 3.8) is 0 Å². The Balaban J connectivity index is 1.57. The maximum atomic E-state index is 14.8. The van der Waals surface area contributed by atoms with E-state index in [-0.39, 0.29) is 34.0 Å². The molecule has 3 aromatic carbocycles. The molecular formula is C28H16Cl2N4O4S. The molecular weight excluding hydrogens is 559 g/mol. The molecule has 0 radical (unpaired) electrons. The second kappa shape index (κ2) is 8.47. The highest BCUT2D eigenvalue weighted by Gasteiger charge is 2.66. The van der Waals surface area contributed by atoms with Crippen molar-refractivity contribution in [2.24, 2.45) is 0 Å². The number of fused-ring (bicyclic) bond motifs is 5. The number of amides is 2. The summed E-state index contributed by atoms with van der Waals surface area (Å²) in [6, 6.07) is 18.9. The molecule has 0 N–H and O–H groups in total. The molecule has 5 aromatic rings. The number of halogens is 2. The third kappa shape index (κ3) is 3.21. The first-order valence-corrected chi connectivity index (χ1v) is 13.5. The number of nitrogens with zero attached hydrogens (tertiary/aromatic N) is 4. The van der Waals surface area contributed by atoms with Crippen molar-refractivity contribution >= 4 is 68.1 Å². The number of aromatic nitrogens is 2. The third-order valence-corrected chi connectivity index (χ3v) is 8.51. The molecule has 2 aromatic heterocycles. The molecule has 0 aliphatic carbocycles. The van der Waals surface area contributed by atoms with Gasteiger partial charge in [-0.15, -0.1) is 10.2 Å². The van der Waals surface area contributed by atoms with Crippen molar-refractivity contribution in [1.29, 1.82) is 0 Å². The second-order valence-corrected chi connectivity index (χ2v) is 11.2. The first kappa shape index (κ1) is 24.0. The lowest BCUT2D eigenvalue weighted by Crippen LogP contribution is -2.53. The number of carbonyl (C=O) groups is 2. The van der Waals surface area contributed by atoms with E-state index in [0.717, 1.165) is 11.3 Å². The molecule has 4 heterocycles. The van der Waals surface area contributed by atoms with E-state index in [2.05, 4.69) is 10.2 Å². The van der Waals surface area contributed by atoms with Crippen LogP contribution in [-0.2, 0) is 16.9 Å². The summed E-state index contributed by atoms with van der Waals surface area (Å²) in [6.07, 6.45) is 0. The molecule has 11 heteroatoms. The van der Waals surface area contributed by atoms with Gasteiger partial charge in [0.2, 0.25) is 10.9 Å². The summed E-state index contributed by atoms with van der Waals surface area (Å²) in [5.74, 6) is -1.37. The third-order valence-electron chi connectivity index (χ3n) is 7.08. The van der Waals surface area contributed by atoms with Gasteiger partial charge in [0.15, 0.2) is 11.0 Å². The number of hydrogen-bond donors (Lipinski definition) is 0. The zero-order valence-electron chi connectivity index (χ0n) is 20.1. The van der Waals surface area contributed by atoms with E-state index in [1.165, 1.54) is 17.0 Å². The number of hydrogen-bond acceptors (Lipinski definition) is 7. The Labute approximate surface area is 235 Å². The lowest BCUT2D eigenvalue weighted by molar-refractivity contribution is -0.121. The molecule has 8 nitrogen and oxygen atoms in total. The highest BCUT2D eigenvalue weighted by molar-refractivity contribution is 7.15. The molecule has 2 aliphatic rings. The predicted molar refractivity (Wildman–Crippen MR) is 149 cm³/mol. The number of benzene rings is 3. The summed E-state index contributed by atoms with van der Waals surface area (Å²) in [7, 11) is 0. The van der Waals surface area contributed by atoms with Gasteiger partial charge in [-0.05, 0) is 42.8 Å². The lowest BCUT2D eigenvalue weighted by Gasteiger charge is -2.32. The fraction of sp³-hybridized carbons (Fsp3) is 0.107. The summed E-state index contributed by atoms with van der Waals surface area (Å²) in [6.45, 7) is 1.86. The number of carbonyl (C=O) groups excluding carboxylic acids is 2. The standard InChI is InChI=1S/C28H16Cl2N4O4S/c1-14-31-32-27(39-14)34-25(36)24-22(23(35)17-12-16(29)10-11-21(17)38-24)28(34)18-7-3-5-9-20(18)33(26(28)37)13-15-6-2-4-8-19(15)30/h2-12H,13H2,1H3. The van der Waals surface area contributed by atoms with Crippen LogP contribution >= 0.6 is 34.5 Å². The van der Waals surface area contributed by atoms with Crippen LogP contribution in [0.5, 0.6) is 0 Å². The van der Waals surface area contributed by atoms with Crippen LogP contribution < -0.4 is 15.2 Å². The summed E-state index contributed by atoms with van der Waals surface area (Å²) in [5.41, 5.74) is -0.570. The molecule has 0 bridgehead atoms. The zero-order chi connectivity index (χ0) is 27.1. The Morgan fingerprint density at radius 3 is 2.51 bits per heavy atom. The Bertz CT molecular complexity index is 1940. The van der Waals surface area contributed by atoms with Gasteiger partial charge < -0.3 is 9.32 Å². The van der Waals surface area contributed by atoms with Crippen molar-refractivity contribution in [3.8, 4) is 0 Å². The molecule has 192 valence electrons. The quantitative estimate of drug-likeness (QED) is 0.274. The van der Waals surface area contributed by atoms with Crippen LogP contribution in [0.1, 0.15) is 32.3 Å². The molecule has 7 rings (SSSR count). The molecule has 0 saturated heterocycles. The van der Waals surface area contributed by atoms with Crippen LogP contribution in [0.15, 0.2) is 75.9 Å². The van der Waals surface area contributed by atoms with Gasteiger partial charge in [-0.3, -0.25) is 19.3 Å². The molecule has 2 amide bonds. The first-order valence-electron chi connectivity index (χ1n) is 11.9. The monoisotopic (exact) mass is 574 g/mol. The summed E-state index contributed by atoms with van der Waals surface area (Å²) >= 11 is 13.8. The van der Waals surface area contributed by atoms with E-state index in [0.29, 0.717) is 31.9 Å². The van der Waals surface area contributed by atoms with Gasteiger partial charge in [-0.1, -0.05) is 70.9 Å². The van der Waals surface area contributed by atoms with Gasteiger partial charge in [0.25, 0.3) is 11.8 Å². The Hall–Kier alpha value is -4.05.